The summed E-state index contributed by atoms with van der Waals surface area (Å²) >= 11 is 0. The van der Waals surface area contributed by atoms with E-state index in [1.165, 1.54) is 16.0 Å². The number of fused-ring (bicyclic) bond motifs is 2. The number of aromatic nitrogens is 3. The van der Waals surface area contributed by atoms with Crippen molar-refractivity contribution in [2.45, 2.75) is 6.10 Å². The second-order valence-electron chi connectivity index (χ2n) is 7.48. The van der Waals surface area contributed by atoms with Gasteiger partial charge in [-0.25, -0.2) is 19.8 Å². The zero-order chi connectivity index (χ0) is 22.8. The number of aliphatic imine (C=N–C) groups is 1. The first-order valence-electron chi connectivity index (χ1n) is 10.4. The van der Waals surface area contributed by atoms with Gasteiger partial charge in [0.2, 0.25) is 17.6 Å². The molecule has 3 aliphatic heterocycles. The van der Waals surface area contributed by atoms with Crippen molar-refractivity contribution in [1.82, 2.24) is 20.3 Å². The minimum absolute atomic E-state index is 0.0589. The summed E-state index contributed by atoms with van der Waals surface area (Å²) in [4.78, 5) is 44.0. The van der Waals surface area contributed by atoms with Crippen LogP contribution in [0.25, 0.3) is 0 Å². The Kier molecular flexibility index (Phi) is 5.60. The molecule has 3 aliphatic rings. The highest BCUT2D eigenvalue weighted by Gasteiger charge is 2.33. The quantitative estimate of drug-likeness (QED) is 0.562. The number of hydrogen-bond donors (Lipinski definition) is 2. The monoisotopic (exact) mass is 454 g/mol. The molecule has 2 aromatic heterocycles. The number of likely N-dealkylation sites (N-methyl/N-ethyl adjacent to an activating group) is 1. The standard InChI is InChI=1S/C20H22N8O5/c1-27-16(29)10-23-13-2-3-15(26-18(13)27)31-6-4-21-8-12-11-28(20(30)33-12)14-9-24-19-17(25-14)22-5-7-32-19/h2-3,5,9,12,21,23H,4,6-8,10-11H2,1H3/t12-/m1/s1. The number of amides is 2. The van der Waals surface area contributed by atoms with Crippen LogP contribution in [0.1, 0.15) is 0 Å². The van der Waals surface area contributed by atoms with E-state index >= 15 is 0 Å². The minimum Gasteiger partial charge on any atom is -0.476 e. The average molecular weight is 454 g/mol. The topological polar surface area (TPSA) is 143 Å². The summed E-state index contributed by atoms with van der Waals surface area (Å²) in [5.74, 6) is 1.95. The van der Waals surface area contributed by atoms with Crippen molar-refractivity contribution in [2.24, 2.45) is 4.99 Å². The molecule has 33 heavy (non-hydrogen) atoms. The van der Waals surface area contributed by atoms with Crippen LogP contribution < -0.4 is 29.9 Å². The zero-order valence-corrected chi connectivity index (χ0v) is 17.9. The van der Waals surface area contributed by atoms with E-state index in [-0.39, 0.29) is 18.6 Å². The molecule has 2 amide bonds. The van der Waals surface area contributed by atoms with Crippen LogP contribution in [-0.2, 0) is 9.53 Å². The number of rotatable bonds is 7. The molecular weight excluding hydrogens is 432 g/mol. The van der Waals surface area contributed by atoms with E-state index < -0.39 is 6.09 Å². The maximum absolute atomic E-state index is 12.3. The first-order valence-corrected chi connectivity index (χ1v) is 10.4. The van der Waals surface area contributed by atoms with E-state index in [1.54, 1.807) is 19.3 Å². The number of nitrogens with zero attached hydrogens (tertiary/aromatic N) is 6. The molecule has 0 unspecified atom stereocenters. The Morgan fingerprint density at radius 3 is 3.12 bits per heavy atom. The molecule has 0 spiro atoms. The number of anilines is 3. The number of cyclic esters (lactones) is 1. The van der Waals surface area contributed by atoms with Gasteiger partial charge in [0.1, 0.15) is 19.3 Å². The largest absolute Gasteiger partial charge is 0.476 e. The summed E-state index contributed by atoms with van der Waals surface area (Å²) in [6.45, 7) is 2.26. The summed E-state index contributed by atoms with van der Waals surface area (Å²) in [6, 6.07) is 3.59. The van der Waals surface area contributed by atoms with E-state index in [1.807, 2.05) is 6.07 Å². The Morgan fingerprint density at radius 1 is 1.30 bits per heavy atom. The average Bonchev–Trinajstić information content (AvgIpc) is 3.21. The molecule has 1 saturated heterocycles. The van der Waals surface area contributed by atoms with Gasteiger partial charge in [-0.15, -0.1) is 0 Å². The summed E-state index contributed by atoms with van der Waals surface area (Å²) in [5.41, 5.74) is 0.790. The van der Waals surface area contributed by atoms with E-state index in [0.29, 0.717) is 62.1 Å². The zero-order valence-electron chi connectivity index (χ0n) is 17.9. The molecule has 0 aliphatic carbocycles. The number of carbonyl (C=O) groups excluding carboxylic acids is 2. The second-order valence-corrected chi connectivity index (χ2v) is 7.48. The Labute approximate surface area is 188 Å². The number of pyridine rings is 1. The Hall–Kier alpha value is -4.00. The molecule has 1 atom stereocenters. The molecular formula is C20H22N8O5. The Balaban J connectivity index is 1.08. The van der Waals surface area contributed by atoms with E-state index in [2.05, 4.69) is 30.6 Å². The van der Waals surface area contributed by atoms with Crippen LogP contribution in [0.3, 0.4) is 0 Å². The molecule has 5 rings (SSSR count). The lowest BCUT2D eigenvalue weighted by Crippen LogP contribution is -2.37. The summed E-state index contributed by atoms with van der Waals surface area (Å²) in [7, 11) is 1.68. The van der Waals surface area contributed by atoms with Crippen LogP contribution in [0.5, 0.6) is 11.8 Å². The highest BCUT2D eigenvalue weighted by molar-refractivity contribution is 6.01. The van der Waals surface area contributed by atoms with Gasteiger partial charge in [-0.1, -0.05) is 0 Å². The molecule has 0 aromatic carbocycles. The lowest BCUT2D eigenvalue weighted by Gasteiger charge is -2.25. The van der Waals surface area contributed by atoms with Crippen LogP contribution in [0, 0.1) is 0 Å². The molecule has 0 radical (unpaired) electrons. The third-order valence-corrected chi connectivity index (χ3v) is 5.24. The smallest absolute Gasteiger partial charge is 0.416 e. The van der Waals surface area contributed by atoms with Gasteiger partial charge in [-0.05, 0) is 6.07 Å². The normalized spacial score (nSPS) is 18.9. The predicted molar refractivity (Wildman–Crippen MR) is 118 cm³/mol. The van der Waals surface area contributed by atoms with Crippen LogP contribution >= 0.6 is 0 Å². The van der Waals surface area contributed by atoms with Gasteiger partial charge in [0.05, 0.1) is 25.0 Å². The van der Waals surface area contributed by atoms with E-state index in [4.69, 9.17) is 14.2 Å². The van der Waals surface area contributed by atoms with Gasteiger partial charge in [-0.3, -0.25) is 14.6 Å². The molecule has 0 bridgehead atoms. The first kappa shape index (κ1) is 20.9. The Bertz CT molecular complexity index is 1110. The maximum atomic E-state index is 12.3. The third-order valence-electron chi connectivity index (χ3n) is 5.24. The highest BCUT2D eigenvalue weighted by atomic mass is 16.6. The van der Waals surface area contributed by atoms with Gasteiger partial charge >= 0.3 is 6.09 Å². The van der Waals surface area contributed by atoms with Gasteiger partial charge in [0.15, 0.2) is 11.6 Å². The van der Waals surface area contributed by atoms with Crippen molar-refractivity contribution in [3.8, 4) is 11.8 Å². The van der Waals surface area contributed by atoms with Crippen LogP contribution in [0.2, 0.25) is 0 Å². The highest BCUT2D eigenvalue weighted by Crippen LogP contribution is 2.29. The maximum Gasteiger partial charge on any atom is 0.416 e. The number of ether oxygens (including phenoxy) is 3. The molecule has 172 valence electrons. The molecule has 2 aromatic rings. The summed E-state index contributed by atoms with van der Waals surface area (Å²) in [6.07, 6.45) is 2.23. The molecule has 5 heterocycles. The number of hydrogen-bond acceptors (Lipinski definition) is 11. The minimum atomic E-state index is -0.487. The summed E-state index contributed by atoms with van der Waals surface area (Å²) < 4.78 is 16.4. The van der Waals surface area contributed by atoms with Crippen LogP contribution in [-0.4, -0.2) is 85.7 Å². The van der Waals surface area contributed by atoms with Crippen LogP contribution in [0.4, 0.5) is 27.9 Å². The number of nitrogens with one attached hydrogen (secondary N) is 2. The first-order chi connectivity index (χ1) is 16.1. The van der Waals surface area contributed by atoms with Crippen molar-refractivity contribution < 1.29 is 23.8 Å². The van der Waals surface area contributed by atoms with E-state index in [9.17, 15) is 9.59 Å². The molecule has 13 nitrogen and oxygen atoms in total. The van der Waals surface area contributed by atoms with Gasteiger partial charge in [0.25, 0.3) is 5.88 Å². The second kappa shape index (κ2) is 8.86. The molecule has 1 fully saturated rings. The third kappa shape index (κ3) is 4.35. The van der Waals surface area contributed by atoms with Crippen molar-refractivity contribution in [3.05, 3.63) is 18.3 Å². The fourth-order valence-electron chi connectivity index (χ4n) is 3.53. The fraction of sp³-hybridized carbons (Fsp3) is 0.400. The van der Waals surface area contributed by atoms with Crippen LogP contribution in [0.15, 0.2) is 23.3 Å². The van der Waals surface area contributed by atoms with Crippen molar-refractivity contribution in [2.75, 3.05) is 61.6 Å². The predicted octanol–water partition coefficient (Wildman–Crippen LogP) is 0.348. The van der Waals surface area contributed by atoms with Gasteiger partial charge in [-0.2, -0.15) is 4.98 Å². The lowest BCUT2D eigenvalue weighted by molar-refractivity contribution is -0.116. The van der Waals surface area contributed by atoms with Crippen molar-refractivity contribution in [3.63, 3.8) is 0 Å². The molecule has 2 N–H and O–H groups in total. The summed E-state index contributed by atoms with van der Waals surface area (Å²) in [5, 5.41) is 6.23. The Morgan fingerprint density at radius 2 is 2.21 bits per heavy atom. The number of carbonyl (C=O) groups is 2. The lowest BCUT2D eigenvalue weighted by atomic mass is 10.3. The fourth-order valence-corrected chi connectivity index (χ4v) is 3.53. The van der Waals surface area contributed by atoms with Crippen molar-refractivity contribution >= 4 is 41.4 Å². The van der Waals surface area contributed by atoms with Gasteiger partial charge in [0, 0.05) is 32.4 Å². The van der Waals surface area contributed by atoms with E-state index in [0.717, 1.165) is 5.69 Å². The van der Waals surface area contributed by atoms with Gasteiger partial charge < -0.3 is 24.8 Å². The molecule has 13 heteroatoms. The molecule has 0 saturated carbocycles. The van der Waals surface area contributed by atoms with Crippen molar-refractivity contribution in [1.29, 1.82) is 0 Å². The SMILES string of the molecule is CN1C(=O)CNc2ccc(OCCNC[C@@H]3CN(c4cnc5c(n4)N=CCO5)C(=O)O3)nc21.